The zero-order valence-corrected chi connectivity index (χ0v) is 15.2. The average Bonchev–Trinajstić information content (AvgIpc) is 2.61. The molecule has 0 unspecified atom stereocenters. The Balaban J connectivity index is 1.75. The lowest BCUT2D eigenvalue weighted by molar-refractivity contribution is -0.121. The van der Waals surface area contributed by atoms with Crippen LogP contribution in [0.5, 0.6) is 0 Å². The molecule has 0 fully saturated rings. The third-order valence-electron chi connectivity index (χ3n) is 3.79. The van der Waals surface area contributed by atoms with Crippen molar-refractivity contribution in [3.63, 3.8) is 0 Å². The second-order valence-corrected chi connectivity index (χ2v) is 7.50. The van der Waals surface area contributed by atoms with E-state index in [4.69, 9.17) is 0 Å². The highest BCUT2D eigenvalue weighted by Crippen LogP contribution is 2.10. The van der Waals surface area contributed by atoms with E-state index in [9.17, 15) is 13.2 Å². The van der Waals surface area contributed by atoms with Crippen LogP contribution in [0.15, 0.2) is 59.5 Å². The molecule has 0 aliphatic heterocycles. The number of sulfonamides is 1. The van der Waals surface area contributed by atoms with Gasteiger partial charge in [-0.25, -0.2) is 13.1 Å². The first-order valence-electron chi connectivity index (χ1n) is 8.40. The first-order valence-corrected chi connectivity index (χ1v) is 9.89. The van der Waals surface area contributed by atoms with Gasteiger partial charge in [-0.05, 0) is 36.1 Å². The maximum absolute atomic E-state index is 11.9. The summed E-state index contributed by atoms with van der Waals surface area (Å²) in [7, 11) is -3.41. The van der Waals surface area contributed by atoms with Crippen molar-refractivity contribution < 1.29 is 13.2 Å². The molecular formula is C19H24N2O3S. The highest BCUT2D eigenvalue weighted by Gasteiger charge is 2.11. The molecule has 6 heteroatoms. The van der Waals surface area contributed by atoms with E-state index in [1.807, 2.05) is 30.3 Å². The normalized spacial score (nSPS) is 11.2. The summed E-state index contributed by atoms with van der Waals surface area (Å²) in [4.78, 5) is 12.1. The lowest BCUT2D eigenvalue weighted by atomic mass is 10.1. The van der Waals surface area contributed by atoms with E-state index in [-0.39, 0.29) is 10.8 Å². The number of carbonyl (C=O) groups excluding carboxylic acids is 1. The van der Waals surface area contributed by atoms with Gasteiger partial charge in [-0.2, -0.15) is 0 Å². The van der Waals surface area contributed by atoms with Crippen LogP contribution in [0.3, 0.4) is 0 Å². The molecule has 0 radical (unpaired) electrons. The number of rotatable bonds is 9. The van der Waals surface area contributed by atoms with Gasteiger partial charge in [-0.15, -0.1) is 0 Å². The van der Waals surface area contributed by atoms with E-state index in [1.165, 1.54) is 0 Å². The maximum Gasteiger partial charge on any atom is 0.240 e. The van der Waals surface area contributed by atoms with Gasteiger partial charge in [0.15, 0.2) is 0 Å². The molecule has 0 heterocycles. The van der Waals surface area contributed by atoms with Crippen LogP contribution in [-0.2, 0) is 27.7 Å². The smallest absolute Gasteiger partial charge is 0.240 e. The van der Waals surface area contributed by atoms with E-state index in [0.717, 1.165) is 17.5 Å². The molecule has 0 spiro atoms. The van der Waals surface area contributed by atoms with Gasteiger partial charge >= 0.3 is 0 Å². The molecule has 0 aliphatic rings. The maximum atomic E-state index is 11.9. The summed E-state index contributed by atoms with van der Waals surface area (Å²) in [5.74, 6) is 0.0233. The molecule has 0 atom stereocenters. The van der Waals surface area contributed by atoms with Crippen LogP contribution in [0.2, 0.25) is 0 Å². The summed E-state index contributed by atoms with van der Waals surface area (Å²) in [6.45, 7) is 2.64. The summed E-state index contributed by atoms with van der Waals surface area (Å²) < 4.78 is 26.2. The van der Waals surface area contributed by atoms with Gasteiger partial charge in [0.1, 0.15) is 0 Å². The van der Waals surface area contributed by atoms with Crippen molar-refractivity contribution in [3.8, 4) is 0 Å². The molecule has 0 aromatic heterocycles. The van der Waals surface area contributed by atoms with Crippen molar-refractivity contribution in [3.05, 3.63) is 65.7 Å². The van der Waals surface area contributed by atoms with Gasteiger partial charge in [0.05, 0.1) is 4.90 Å². The highest BCUT2D eigenvalue weighted by atomic mass is 32.2. The van der Waals surface area contributed by atoms with E-state index >= 15 is 0 Å². The number of carbonyl (C=O) groups is 1. The second kappa shape index (κ2) is 9.34. The topological polar surface area (TPSA) is 75.3 Å². The molecule has 0 saturated carbocycles. The van der Waals surface area contributed by atoms with Crippen molar-refractivity contribution in [2.24, 2.45) is 0 Å². The summed E-state index contributed by atoms with van der Waals surface area (Å²) in [5, 5.41) is 2.90. The minimum atomic E-state index is -3.41. The summed E-state index contributed by atoms with van der Waals surface area (Å²) >= 11 is 0. The lowest BCUT2D eigenvalue weighted by Gasteiger charge is -2.07. The molecular weight excluding hydrogens is 336 g/mol. The van der Waals surface area contributed by atoms with Crippen LogP contribution in [0.1, 0.15) is 24.5 Å². The van der Waals surface area contributed by atoms with Gasteiger partial charge in [0.25, 0.3) is 0 Å². The van der Waals surface area contributed by atoms with Crippen molar-refractivity contribution in [1.82, 2.24) is 10.0 Å². The third-order valence-corrected chi connectivity index (χ3v) is 5.35. The van der Waals surface area contributed by atoms with Crippen LogP contribution in [0, 0.1) is 0 Å². The first-order chi connectivity index (χ1) is 12.0. The number of aryl methyl sites for hydroxylation is 1. The van der Waals surface area contributed by atoms with Crippen LogP contribution in [-0.4, -0.2) is 27.4 Å². The zero-order chi connectivity index (χ0) is 18.1. The van der Waals surface area contributed by atoms with E-state index in [1.54, 1.807) is 31.2 Å². The van der Waals surface area contributed by atoms with Crippen LogP contribution in [0.4, 0.5) is 0 Å². The number of hydrogen-bond acceptors (Lipinski definition) is 3. The van der Waals surface area contributed by atoms with Gasteiger partial charge in [-0.3, -0.25) is 4.79 Å². The van der Waals surface area contributed by atoms with Gasteiger partial charge in [-0.1, -0.05) is 49.4 Å². The highest BCUT2D eigenvalue weighted by molar-refractivity contribution is 7.89. The van der Waals surface area contributed by atoms with Crippen LogP contribution < -0.4 is 10.0 Å². The molecule has 2 aromatic rings. The molecule has 0 saturated heterocycles. The Bertz CT molecular complexity index is 772. The number of nitrogens with one attached hydrogen (secondary N) is 2. The largest absolute Gasteiger partial charge is 0.356 e. The van der Waals surface area contributed by atoms with Gasteiger partial charge < -0.3 is 5.32 Å². The van der Waals surface area contributed by atoms with Crippen molar-refractivity contribution >= 4 is 15.9 Å². The Kier molecular flexibility index (Phi) is 7.16. The van der Waals surface area contributed by atoms with Gasteiger partial charge in [0.2, 0.25) is 15.9 Å². The molecule has 5 nitrogen and oxygen atoms in total. The quantitative estimate of drug-likeness (QED) is 0.720. The van der Waals surface area contributed by atoms with Crippen LogP contribution in [0.25, 0.3) is 0 Å². The molecule has 2 N–H and O–H groups in total. The molecule has 25 heavy (non-hydrogen) atoms. The molecule has 1 amide bonds. The summed E-state index contributed by atoms with van der Waals surface area (Å²) in [6.07, 6.45) is 1.85. The fourth-order valence-corrected chi connectivity index (χ4v) is 3.49. The Hall–Kier alpha value is -2.18. The first kappa shape index (κ1) is 19.1. The SMILES string of the molecule is CCNS(=O)(=O)c1ccc(CCNC(=O)CCc2ccccc2)cc1. The van der Waals surface area contributed by atoms with Crippen LogP contribution >= 0.6 is 0 Å². The Morgan fingerprint density at radius 1 is 0.920 bits per heavy atom. The van der Waals surface area contributed by atoms with Crippen molar-refractivity contribution in [2.45, 2.75) is 31.1 Å². The zero-order valence-electron chi connectivity index (χ0n) is 14.4. The molecule has 2 rings (SSSR count). The van der Waals surface area contributed by atoms with E-state index < -0.39 is 10.0 Å². The number of hydrogen-bond donors (Lipinski definition) is 2. The number of amides is 1. The average molecular weight is 360 g/mol. The Morgan fingerprint density at radius 3 is 2.20 bits per heavy atom. The van der Waals surface area contributed by atoms with Crippen molar-refractivity contribution in [1.29, 1.82) is 0 Å². The molecule has 0 aliphatic carbocycles. The third kappa shape index (κ3) is 6.32. The minimum absolute atomic E-state index is 0.0233. The predicted octanol–water partition coefficient (Wildman–Crippen LogP) is 2.28. The Morgan fingerprint density at radius 2 is 1.56 bits per heavy atom. The standard InChI is InChI=1S/C19H24N2O3S/c1-2-21-25(23,24)18-11-8-17(9-12-18)14-15-20-19(22)13-10-16-6-4-3-5-7-16/h3-9,11-12,21H,2,10,13-15H2,1H3,(H,20,22). The Labute approximate surface area is 149 Å². The van der Waals surface area contributed by atoms with E-state index in [0.29, 0.717) is 25.9 Å². The summed E-state index contributed by atoms with van der Waals surface area (Å²) in [6, 6.07) is 16.6. The molecule has 0 bridgehead atoms. The molecule has 134 valence electrons. The van der Waals surface area contributed by atoms with E-state index in [2.05, 4.69) is 10.0 Å². The molecule has 2 aromatic carbocycles. The van der Waals surface area contributed by atoms with Gasteiger partial charge in [0, 0.05) is 19.5 Å². The summed E-state index contributed by atoms with van der Waals surface area (Å²) in [5.41, 5.74) is 2.13. The fraction of sp³-hybridized carbons (Fsp3) is 0.316. The monoisotopic (exact) mass is 360 g/mol. The van der Waals surface area contributed by atoms with Crippen molar-refractivity contribution in [2.75, 3.05) is 13.1 Å². The predicted molar refractivity (Wildman–Crippen MR) is 98.8 cm³/mol. The number of benzene rings is 2. The second-order valence-electron chi connectivity index (χ2n) is 5.73. The fourth-order valence-electron chi connectivity index (χ4n) is 2.45. The minimum Gasteiger partial charge on any atom is -0.356 e. The lowest BCUT2D eigenvalue weighted by Crippen LogP contribution is -2.26.